The summed E-state index contributed by atoms with van der Waals surface area (Å²) in [6, 6.07) is 6.66. The molecule has 1 heterocycles. The lowest BCUT2D eigenvalue weighted by Crippen LogP contribution is -2.18. The highest BCUT2D eigenvalue weighted by molar-refractivity contribution is 5.33. The van der Waals surface area contributed by atoms with Gasteiger partial charge in [0.05, 0.1) is 11.7 Å². The number of benzene rings is 1. The molecule has 2 rings (SSSR count). The highest BCUT2D eigenvalue weighted by Gasteiger charge is 2.31. The van der Waals surface area contributed by atoms with Crippen LogP contribution in [0.3, 0.4) is 0 Å². The van der Waals surface area contributed by atoms with Crippen LogP contribution in [0.1, 0.15) is 17.3 Å². The highest BCUT2D eigenvalue weighted by Crippen LogP contribution is 2.26. The molecule has 2 N–H and O–H groups in total. The number of hydrogen-bond acceptors (Lipinski definition) is 3. The maximum absolute atomic E-state index is 13.5. The van der Waals surface area contributed by atoms with Gasteiger partial charge in [-0.05, 0) is 29.8 Å². The minimum atomic E-state index is -4.75. The topological polar surface area (TPSA) is 48.1 Å². The third-order valence-corrected chi connectivity index (χ3v) is 2.55. The maximum Gasteiger partial charge on any atom is 0.573 e. The fourth-order valence-corrected chi connectivity index (χ4v) is 1.66. The summed E-state index contributed by atoms with van der Waals surface area (Å²) in [5.41, 5.74) is 6.28. The molecule has 0 radical (unpaired) electrons. The first-order chi connectivity index (χ1) is 9.37. The average molecular weight is 286 g/mol. The quantitative estimate of drug-likeness (QED) is 0.882. The number of aromatic nitrogens is 1. The summed E-state index contributed by atoms with van der Waals surface area (Å²) in [6.07, 6.45) is -3.36. The molecule has 0 fully saturated rings. The summed E-state index contributed by atoms with van der Waals surface area (Å²) in [5, 5.41) is 0. The molecule has 0 saturated heterocycles. The van der Waals surface area contributed by atoms with Crippen LogP contribution < -0.4 is 10.5 Å². The molecule has 7 heteroatoms. The largest absolute Gasteiger partial charge is 0.573 e. The van der Waals surface area contributed by atoms with Crippen molar-refractivity contribution in [2.24, 2.45) is 5.73 Å². The van der Waals surface area contributed by atoms with Crippen molar-refractivity contribution in [1.82, 2.24) is 4.98 Å². The zero-order chi connectivity index (χ0) is 14.8. The van der Waals surface area contributed by atoms with Gasteiger partial charge in [0.15, 0.2) is 0 Å². The fourth-order valence-electron chi connectivity index (χ4n) is 1.66. The molecule has 1 unspecified atom stereocenters. The lowest BCUT2D eigenvalue weighted by atomic mass is 10.0. The van der Waals surface area contributed by atoms with Crippen molar-refractivity contribution in [3.05, 3.63) is 59.7 Å². The summed E-state index contributed by atoms with van der Waals surface area (Å²) in [5.74, 6) is -0.939. The van der Waals surface area contributed by atoms with Gasteiger partial charge in [-0.15, -0.1) is 13.2 Å². The molecular formula is C13H10F4N2O. The molecule has 0 aliphatic heterocycles. The lowest BCUT2D eigenvalue weighted by molar-refractivity contribution is -0.274. The van der Waals surface area contributed by atoms with Crippen LogP contribution in [0.5, 0.6) is 5.75 Å². The molecule has 1 aromatic heterocycles. The van der Waals surface area contributed by atoms with Crippen LogP contribution in [0.4, 0.5) is 17.6 Å². The first-order valence-corrected chi connectivity index (χ1v) is 5.58. The second kappa shape index (κ2) is 5.46. The lowest BCUT2D eigenvalue weighted by Gasteiger charge is -2.13. The first-order valence-electron chi connectivity index (χ1n) is 5.58. The number of nitrogens with two attached hydrogens (primary N) is 1. The Morgan fingerprint density at radius 3 is 2.30 bits per heavy atom. The van der Waals surface area contributed by atoms with E-state index in [1.165, 1.54) is 30.5 Å². The van der Waals surface area contributed by atoms with Crippen LogP contribution in [-0.4, -0.2) is 11.3 Å². The van der Waals surface area contributed by atoms with Gasteiger partial charge in [0.2, 0.25) is 0 Å². The Bertz CT molecular complexity index is 584. The molecule has 3 nitrogen and oxygen atoms in total. The number of alkyl halides is 3. The van der Waals surface area contributed by atoms with E-state index in [1.54, 1.807) is 0 Å². The van der Waals surface area contributed by atoms with Crippen LogP contribution in [0.2, 0.25) is 0 Å². The van der Waals surface area contributed by atoms with E-state index in [4.69, 9.17) is 5.73 Å². The Morgan fingerprint density at radius 2 is 1.75 bits per heavy atom. The third-order valence-electron chi connectivity index (χ3n) is 2.55. The highest BCUT2D eigenvalue weighted by atomic mass is 19.4. The molecular weight excluding hydrogens is 276 g/mol. The van der Waals surface area contributed by atoms with Gasteiger partial charge in [-0.25, -0.2) is 4.39 Å². The zero-order valence-corrected chi connectivity index (χ0v) is 10.1. The average Bonchev–Trinajstić information content (AvgIpc) is 2.37. The minimum Gasteiger partial charge on any atom is -0.406 e. The number of ether oxygens (including phenoxy) is 1. The van der Waals surface area contributed by atoms with Crippen molar-refractivity contribution >= 4 is 0 Å². The van der Waals surface area contributed by atoms with Crippen molar-refractivity contribution < 1.29 is 22.3 Å². The SMILES string of the molecule is NC(c1ccc(OC(F)(F)F)cc1)c1ncccc1F. The summed E-state index contributed by atoms with van der Waals surface area (Å²) >= 11 is 0. The number of rotatable bonds is 3. The van der Waals surface area contributed by atoms with E-state index in [2.05, 4.69) is 9.72 Å². The number of hydrogen-bond donors (Lipinski definition) is 1. The minimum absolute atomic E-state index is 0.0250. The van der Waals surface area contributed by atoms with E-state index in [0.29, 0.717) is 5.56 Å². The molecule has 1 aromatic carbocycles. The van der Waals surface area contributed by atoms with E-state index in [9.17, 15) is 17.6 Å². The van der Waals surface area contributed by atoms with Crippen molar-refractivity contribution in [1.29, 1.82) is 0 Å². The molecule has 20 heavy (non-hydrogen) atoms. The summed E-state index contributed by atoms with van der Waals surface area (Å²) in [7, 11) is 0. The van der Waals surface area contributed by atoms with Gasteiger partial charge < -0.3 is 10.5 Å². The van der Waals surface area contributed by atoms with E-state index in [-0.39, 0.29) is 11.4 Å². The van der Waals surface area contributed by atoms with Crippen LogP contribution in [0.25, 0.3) is 0 Å². The van der Waals surface area contributed by atoms with Crippen LogP contribution in [-0.2, 0) is 0 Å². The van der Waals surface area contributed by atoms with Gasteiger partial charge in [-0.3, -0.25) is 4.98 Å². The van der Waals surface area contributed by atoms with E-state index in [1.807, 2.05) is 0 Å². The Kier molecular flexibility index (Phi) is 3.89. The monoisotopic (exact) mass is 286 g/mol. The Labute approximate surface area is 112 Å². The first kappa shape index (κ1) is 14.3. The summed E-state index contributed by atoms with van der Waals surface area (Å²) in [6.45, 7) is 0. The molecule has 0 aliphatic rings. The molecule has 0 amide bonds. The van der Waals surface area contributed by atoms with Crippen LogP contribution in [0.15, 0.2) is 42.6 Å². The van der Waals surface area contributed by atoms with Crippen molar-refractivity contribution in [3.8, 4) is 5.75 Å². The molecule has 1 atom stereocenters. The van der Waals surface area contributed by atoms with Crippen molar-refractivity contribution in [2.75, 3.05) is 0 Å². The summed E-state index contributed by atoms with van der Waals surface area (Å²) in [4.78, 5) is 3.83. The maximum atomic E-state index is 13.5. The number of halogens is 4. The van der Waals surface area contributed by atoms with Gasteiger partial charge in [0.1, 0.15) is 11.6 Å². The van der Waals surface area contributed by atoms with Gasteiger partial charge in [-0.2, -0.15) is 0 Å². The van der Waals surface area contributed by atoms with Gasteiger partial charge in [0.25, 0.3) is 0 Å². The standard InChI is InChI=1S/C13H10F4N2O/c14-10-2-1-7-19-12(10)11(18)8-3-5-9(6-4-8)20-13(15,16)17/h1-7,11H,18H2. The van der Waals surface area contributed by atoms with E-state index < -0.39 is 18.2 Å². The third kappa shape index (κ3) is 3.45. The van der Waals surface area contributed by atoms with Crippen molar-refractivity contribution in [3.63, 3.8) is 0 Å². The van der Waals surface area contributed by atoms with Gasteiger partial charge in [0, 0.05) is 6.20 Å². The second-order valence-corrected chi connectivity index (χ2v) is 3.96. The Balaban J connectivity index is 2.20. The predicted octanol–water partition coefficient (Wildman–Crippen LogP) is 3.17. The summed E-state index contributed by atoms with van der Waals surface area (Å²) < 4.78 is 53.3. The number of nitrogens with zero attached hydrogens (tertiary/aromatic N) is 1. The van der Waals surface area contributed by atoms with Crippen molar-refractivity contribution in [2.45, 2.75) is 12.4 Å². The number of pyridine rings is 1. The Hall–Kier alpha value is -2.15. The van der Waals surface area contributed by atoms with E-state index >= 15 is 0 Å². The van der Waals surface area contributed by atoms with Gasteiger partial charge in [-0.1, -0.05) is 12.1 Å². The second-order valence-electron chi connectivity index (χ2n) is 3.96. The van der Waals surface area contributed by atoms with Crippen LogP contribution >= 0.6 is 0 Å². The normalized spacial score (nSPS) is 13.1. The molecule has 2 aromatic rings. The molecule has 0 saturated carbocycles. The zero-order valence-electron chi connectivity index (χ0n) is 10.1. The fraction of sp³-hybridized carbons (Fsp3) is 0.154. The van der Waals surface area contributed by atoms with Crippen LogP contribution in [0, 0.1) is 5.82 Å². The molecule has 106 valence electrons. The molecule has 0 bridgehead atoms. The van der Waals surface area contributed by atoms with Gasteiger partial charge >= 0.3 is 6.36 Å². The van der Waals surface area contributed by atoms with E-state index in [0.717, 1.165) is 12.1 Å². The predicted molar refractivity (Wildman–Crippen MR) is 63.4 cm³/mol. The molecule has 0 aliphatic carbocycles. The Morgan fingerprint density at radius 1 is 1.10 bits per heavy atom. The smallest absolute Gasteiger partial charge is 0.406 e. The molecule has 0 spiro atoms.